The Kier molecular flexibility index (Phi) is 4.69. The molecule has 2 heterocycles. The van der Waals surface area contributed by atoms with Crippen molar-refractivity contribution in [3.05, 3.63) is 59.2 Å². The Hall–Kier alpha value is -2.69. The molecule has 5 heteroatoms. The van der Waals surface area contributed by atoms with Crippen molar-refractivity contribution >= 4 is 16.9 Å². The first-order chi connectivity index (χ1) is 12.7. The first-order valence-electron chi connectivity index (χ1n) is 9.42. The highest BCUT2D eigenvalue weighted by atomic mass is 16.1. The lowest BCUT2D eigenvalue weighted by Gasteiger charge is -2.09. The number of carbonyl (C=O) groups is 1. The third kappa shape index (κ3) is 3.34. The number of amides is 1. The van der Waals surface area contributed by atoms with Crippen LogP contribution >= 0.6 is 0 Å². The number of imidazole rings is 1. The van der Waals surface area contributed by atoms with Gasteiger partial charge in [0.2, 0.25) is 5.91 Å². The molecule has 1 aromatic carbocycles. The second-order valence-electron chi connectivity index (χ2n) is 6.85. The normalized spacial score (nSPS) is 13.1. The molecule has 3 aromatic rings. The lowest BCUT2D eigenvalue weighted by molar-refractivity contribution is -0.121. The minimum absolute atomic E-state index is 0.0605. The number of carbonyl (C=O) groups excluding carboxylic acids is 1. The lowest BCUT2D eigenvalue weighted by atomic mass is 10.1. The maximum absolute atomic E-state index is 12.3. The van der Waals surface area contributed by atoms with Gasteiger partial charge in [-0.3, -0.25) is 9.78 Å². The molecule has 26 heavy (non-hydrogen) atoms. The zero-order valence-electron chi connectivity index (χ0n) is 15.2. The molecule has 1 aliphatic rings. The van der Waals surface area contributed by atoms with Gasteiger partial charge in [-0.2, -0.15) is 0 Å². The number of nitrogens with one attached hydrogen (secondary N) is 1. The molecule has 0 spiro atoms. The van der Waals surface area contributed by atoms with E-state index < -0.39 is 0 Å². The van der Waals surface area contributed by atoms with Crippen LogP contribution in [0.1, 0.15) is 42.4 Å². The standard InChI is InChI=1S/C21H24N4O/c1-2-20-24-18-7-3-4-9-19(18)25(20)11-10-21(26)23-14-15-12-16-6-5-8-17(16)22-13-15/h3-4,7,9,12-13H,2,5-6,8,10-11,14H2,1H3,(H,23,26). The zero-order chi connectivity index (χ0) is 17.9. The molecule has 1 aliphatic carbocycles. The number of nitrogens with zero attached hydrogens (tertiary/aromatic N) is 3. The van der Waals surface area contributed by atoms with Gasteiger partial charge in [0.25, 0.3) is 0 Å². The number of fused-ring (bicyclic) bond motifs is 2. The van der Waals surface area contributed by atoms with Gasteiger partial charge in [-0.05, 0) is 42.5 Å². The summed E-state index contributed by atoms with van der Waals surface area (Å²) >= 11 is 0. The SMILES string of the molecule is CCc1nc2ccccc2n1CCC(=O)NCc1cnc2c(c1)CCC2. The summed E-state index contributed by atoms with van der Waals surface area (Å²) in [5.74, 6) is 1.09. The highest BCUT2D eigenvalue weighted by molar-refractivity contribution is 5.78. The van der Waals surface area contributed by atoms with Gasteiger partial charge in [0.15, 0.2) is 0 Å². The average Bonchev–Trinajstić information content (AvgIpc) is 3.28. The molecule has 0 saturated heterocycles. The Labute approximate surface area is 153 Å². The van der Waals surface area contributed by atoms with E-state index >= 15 is 0 Å². The molecule has 4 rings (SSSR count). The van der Waals surface area contributed by atoms with Gasteiger partial charge in [0, 0.05) is 37.8 Å². The fourth-order valence-corrected chi connectivity index (χ4v) is 3.72. The van der Waals surface area contributed by atoms with Crippen molar-refractivity contribution in [1.82, 2.24) is 19.9 Å². The van der Waals surface area contributed by atoms with Crippen LogP contribution in [0, 0.1) is 0 Å². The van der Waals surface area contributed by atoms with Crippen LogP contribution in [0.2, 0.25) is 0 Å². The van der Waals surface area contributed by atoms with Crippen molar-refractivity contribution in [2.45, 2.75) is 52.1 Å². The first kappa shape index (κ1) is 16.8. The van der Waals surface area contributed by atoms with Crippen LogP contribution < -0.4 is 5.32 Å². The van der Waals surface area contributed by atoms with Crippen LogP contribution in [0.15, 0.2) is 36.5 Å². The molecule has 1 N–H and O–H groups in total. The van der Waals surface area contributed by atoms with Crippen LogP contribution in [0.5, 0.6) is 0 Å². The number of aromatic nitrogens is 3. The summed E-state index contributed by atoms with van der Waals surface area (Å²) in [6.07, 6.45) is 6.58. The van der Waals surface area contributed by atoms with Gasteiger partial charge in [-0.25, -0.2) is 4.98 Å². The van der Waals surface area contributed by atoms with E-state index in [1.54, 1.807) is 0 Å². The van der Waals surface area contributed by atoms with Crippen molar-refractivity contribution in [3.63, 3.8) is 0 Å². The Morgan fingerprint density at radius 1 is 1.27 bits per heavy atom. The summed E-state index contributed by atoms with van der Waals surface area (Å²) in [7, 11) is 0. The molecule has 0 unspecified atom stereocenters. The van der Waals surface area contributed by atoms with Crippen molar-refractivity contribution in [1.29, 1.82) is 0 Å². The summed E-state index contributed by atoms with van der Waals surface area (Å²) in [5, 5.41) is 3.03. The molecule has 0 radical (unpaired) electrons. The Balaban J connectivity index is 1.37. The van der Waals surface area contributed by atoms with E-state index in [9.17, 15) is 4.79 Å². The van der Waals surface area contributed by atoms with Crippen LogP contribution in [-0.4, -0.2) is 20.4 Å². The van der Waals surface area contributed by atoms with Crippen LogP contribution in [0.3, 0.4) is 0 Å². The molecular weight excluding hydrogens is 324 g/mol. The van der Waals surface area contributed by atoms with Gasteiger partial charge in [0.05, 0.1) is 11.0 Å². The van der Waals surface area contributed by atoms with Crippen LogP contribution in [0.4, 0.5) is 0 Å². The lowest BCUT2D eigenvalue weighted by Crippen LogP contribution is -2.24. The molecule has 5 nitrogen and oxygen atoms in total. The Morgan fingerprint density at radius 2 is 2.15 bits per heavy atom. The van der Waals surface area contributed by atoms with Crippen LogP contribution in [-0.2, 0) is 37.1 Å². The third-order valence-corrected chi connectivity index (χ3v) is 5.08. The van der Waals surface area contributed by atoms with E-state index in [2.05, 4.69) is 38.9 Å². The molecule has 2 aromatic heterocycles. The topological polar surface area (TPSA) is 59.8 Å². The Morgan fingerprint density at radius 3 is 3.04 bits per heavy atom. The maximum Gasteiger partial charge on any atom is 0.222 e. The van der Waals surface area contributed by atoms with Crippen LogP contribution in [0.25, 0.3) is 11.0 Å². The minimum atomic E-state index is 0.0605. The zero-order valence-corrected chi connectivity index (χ0v) is 15.2. The number of para-hydroxylation sites is 2. The summed E-state index contributed by atoms with van der Waals surface area (Å²) in [6, 6.07) is 10.3. The predicted molar refractivity (Wildman–Crippen MR) is 102 cm³/mol. The summed E-state index contributed by atoms with van der Waals surface area (Å²) < 4.78 is 2.16. The van der Waals surface area contributed by atoms with Gasteiger partial charge >= 0.3 is 0 Å². The van der Waals surface area contributed by atoms with Crippen molar-refractivity contribution in [2.75, 3.05) is 0 Å². The summed E-state index contributed by atoms with van der Waals surface area (Å²) in [5.41, 5.74) is 5.74. The highest BCUT2D eigenvalue weighted by Crippen LogP contribution is 2.20. The van der Waals surface area contributed by atoms with E-state index in [4.69, 9.17) is 0 Å². The largest absolute Gasteiger partial charge is 0.352 e. The van der Waals surface area contributed by atoms with Gasteiger partial charge in [-0.15, -0.1) is 0 Å². The van der Waals surface area contributed by atoms with E-state index in [1.165, 1.54) is 17.7 Å². The second kappa shape index (κ2) is 7.28. The average molecular weight is 348 g/mol. The Bertz CT molecular complexity index is 944. The number of hydrogen-bond donors (Lipinski definition) is 1. The molecule has 0 bridgehead atoms. The van der Waals surface area contributed by atoms with Gasteiger partial charge in [-0.1, -0.05) is 25.1 Å². The molecule has 1 amide bonds. The molecular formula is C21H24N4O. The van der Waals surface area contributed by atoms with Crippen molar-refractivity contribution in [2.24, 2.45) is 0 Å². The minimum Gasteiger partial charge on any atom is -0.352 e. The maximum atomic E-state index is 12.3. The molecule has 0 fully saturated rings. The predicted octanol–water partition coefficient (Wildman–Crippen LogP) is 3.19. The molecule has 134 valence electrons. The highest BCUT2D eigenvalue weighted by Gasteiger charge is 2.13. The van der Waals surface area contributed by atoms with E-state index in [-0.39, 0.29) is 5.91 Å². The van der Waals surface area contributed by atoms with Crippen molar-refractivity contribution in [3.8, 4) is 0 Å². The number of aryl methyl sites for hydroxylation is 4. The van der Waals surface area contributed by atoms with Crippen molar-refractivity contribution < 1.29 is 4.79 Å². The van der Waals surface area contributed by atoms with E-state index in [0.29, 0.717) is 19.5 Å². The van der Waals surface area contributed by atoms with E-state index in [1.807, 2.05) is 24.4 Å². The summed E-state index contributed by atoms with van der Waals surface area (Å²) in [6.45, 7) is 3.29. The first-order valence-corrected chi connectivity index (χ1v) is 9.42. The quantitative estimate of drug-likeness (QED) is 0.744. The second-order valence-corrected chi connectivity index (χ2v) is 6.85. The third-order valence-electron chi connectivity index (χ3n) is 5.08. The number of rotatable bonds is 6. The monoisotopic (exact) mass is 348 g/mol. The number of benzene rings is 1. The molecule has 0 saturated carbocycles. The smallest absolute Gasteiger partial charge is 0.222 e. The number of pyridine rings is 1. The van der Waals surface area contributed by atoms with Gasteiger partial charge < -0.3 is 9.88 Å². The molecule has 0 atom stereocenters. The fraction of sp³-hybridized carbons (Fsp3) is 0.381. The fourth-order valence-electron chi connectivity index (χ4n) is 3.72. The van der Waals surface area contributed by atoms with E-state index in [0.717, 1.165) is 41.7 Å². The van der Waals surface area contributed by atoms with Gasteiger partial charge in [0.1, 0.15) is 5.82 Å². The summed E-state index contributed by atoms with van der Waals surface area (Å²) in [4.78, 5) is 21.5. The number of hydrogen-bond acceptors (Lipinski definition) is 3. The molecule has 0 aliphatic heterocycles.